The zero-order chi connectivity index (χ0) is 18.1. The van der Waals surface area contributed by atoms with Crippen molar-refractivity contribution in [3.63, 3.8) is 0 Å². The molecule has 1 N–H and O–H groups in total. The number of carbonyl (C=O) groups excluding carboxylic acids is 1. The average molecular weight is 375 g/mol. The number of methoxy groups -OCH3 is 1. The van der Waals surface area contributed by atoms with Crippen LogP contribution in [-0.2, 0) is 9.53 Å². The Kier molecular flexibility index (Phi) is 5.31. The van der Waals surface area contributed by atoms with Crippen LogP contribution < -0.4 is 5.32 Å². The van der Waals surface area contributed by atoms with Gasteiger partial charge in [-0.3, -0.25) is 9.69 Å². The highest BCUT2D eigenvalue weighted by Crippen LogP contribution is 2.59. The molecule has 1 aromatic rings. The largest absolute Gasteiger partial charge is 0.380 e. The van der Waals surface area contributed by atoms with Crippen LogP contribution in [-0.4, -0.2) is 54.7 Å². The number of thioether (sulfide) groups is 1. The molecule has 2 saturated carbocycles. The van der Waals surface area contributed by atoms with Crippen LogP contribution in [0.25, 0.3) is 0 Å². The van der Waals surface area contributed by atoms with Gasteiger partial charge in [0.25, 0.3) is 0 Å². The van der Waals surface area contributed by atoms with Crippen LogP contribution >= 0.6 is 11.8 Å². The molecule has 0 bridgehead atoms. The average Bonchev–Trinajstić information content (AvgIpc) is 2.64. The van der Waals surface area contributed by atoms with Gasteiger partial charge in [-0.25, -0.2) is 0 Å². The molecule has 1 amide bonds. The van der Waals surface area contributed by atoms with Gasteiger partial charge in [-0.15, -0.1) is 0 Å². The van der Waals surface area contributed by atoms with Crippen LogP contribution in [0.2, 0.25) is 0 Å². The number of carbonyl (C=O) groups is 1. The van der Waals surface area contributed by atoms with Crippen molar-refractivity contribution in [1.29, 1.82) is 0 Å². The summed E-state index contributed by atoms with van der Waals surface area (Å²) in [5.41, 5.74) is 1.29. The Labute approximate surface area is 161 Å². The third-order valence-electron chi connectivity index (χ3n) is 6.80. The second-order valence-electron chi connectivity index (χ2n) is 8.05. The van der Waals surface area contributed by atoms with Crippen molar-refractivity contribution in [3.8, 4) is 0 Å². The second-order valence-corrected chi connectivity index (χ2v) is 9.27. The lowest BCUT2D eigenvalue weighted by Crippen LogP contribution is -2.73. The van der Waals surface area contributed by atoms with Crippen molar-refractivity contribution in [2.45, 2.75) is 44.4 Å². The first-order valence-electron chi connectivity index (χ1n) is 9.87. The Hall–Kier alpha value is -1.04. The summed E-state index contributed by atoms with van der Waals surface area (Å²) in [4.78, 5) is 15.8. The highest BCUT2D eigenvalue weighted by molar-refractivity contribution is 7.99. The smallest absolute Gasteiger partial charge is 0.242 e. The molecular weight excluding hydrogens is 344 g/mol. The summed E-state index contributed by atoms with van der Waals surface area (Å²) >= 11 is 1.98. The molecule has 1 heterocycles. The number of hydrogen-bond donors (Lipinski definition) is 1. The van der Waals surface area contributed by atoms with Crippen molar-refractivity contribution in [2.24, 2.45) is 11.3 Å². The molecule has 0 unspecified atom stereocenters. The summed E-state index contributed by atoms with van der Waals surface area (Å²) < 4.78 is 5.76. The SMILES string of the molecule is CO[C@@H]1[C@H](C)[C@H](NC(=O)[C@H](c2ccccc2)N2CCSCC2)C12CCC2. The number of nitrogens with zero attached hydrogens (tertiary/aromatic N) is 1. The quantitative estimate of drug-likeness (QED) is 0.860. The lowest BCUT2D eigenvalue weighted by atomic mass is 9.46. The monoisotopic (exact) mass is 374 g/mol. The molecule has 4 nitrogen and oxygen atoms in total. The number of hydrogen-bond acceptors (Lipinski definition) is 4. The minimum atomic E-state index is -0.178. The van der Waals surface area contributed by atoms with Gasteiger partial charge in [0.1, 0.15) is 6.04 Å². The molecule has 0 aromatic heterocycles. The first-order valence-corrected chi connectivity index (χ1v) is 11.0. The van der Waals surface area contributed by atoms with Gasteiger partial charge in [-0.1, -0.05) is 43.7 Å². The van der Waals surface area contributed by atoms with E-state index >= 15 is 0 Å². The van der Waals surface area contributed by atoms with Crippen molar-refractivity contribution in [3.05, 3.63) is 35.9 Å². The van der Waals surface area contributed by atoms with Crippen LogP contribution in [0.1, 0.15) is 37.8 Å². The molecule has 4 atom stereocenters. The van der Waals surface area contributed by atoms with Gasteiger partial charge < -0.3 is 10.1 Å². The molecule has 1 spiro atoms. The molecule has 5 heteroatoms. The molecule has 3 fully saturated rings. The van der Waals surface area contributed by atoms with Gasteiger partial charge in [0, 0.05) is 49.1 Å². The van der Waals surface area contributed by atoms with Crippen LogP contribution in [0.3, 0.4) is 0 Å². The molecule has 26 heavy (non-hydrogen) atoms. The van der Waals surface area contributed by atoms with E-state index in [1.54, 1.807) is 0 Å². The van der Waals surface area contributed by atoms with Gasteiger partial charge in [0.05, 0.1) is 6.10 Å². The van der Waals surface area contributed by atoms with Gasteiger partial charge in [0.2, 0.25) is 5.91 Å². The number of ether oxygens (including phenoxy) is 1. The van der Waals surface area contributed by atoms with Crippen molar-refractivity contribution in [1.82, 2.24) is 10.2 Å². The lowest BCUT2D eigenvalue weighted by Gasteiger charge is -2.64. The molecule has 2 aliphatic carbocycles. The van der Waals surface area contributed by atoms with E-state index in [-0.39, 0.29) is 23.4 Å². The summed E-state index contributed by atoms with van der Waals surface area (Å²) in [6, 6.07) is 10.3. The fourth-order valence-electron chi connectivity index (χ4n) is 5.42. The number of amides is 1. The zero-order valence-corrected chi connectivity index (χ0v) is 16.6. The second kappa shape index (κ2) is 7.53. The molecule has 4 rings (SSSR count). The Bertz CT molecular complexity index is 628. The third kappa shape index (κ3) is 2.98. The van der Waals surface area contributed by atoms with E-state index < -0.39 is 0 Å². The van der Waals surface area contributed by atoms with E-state index in [1.165, 1.54) is 19.3 Å². The van der Waals surface area contributed by atoms with E-state index in [4.69, 9.17) is 4.74 Å². The maximum absolute atomic E-state index is 13.4. The van der Waals surface area contributed by atoms with E-state index in [1.807, 2.05) is 37.1 Å². The van der Waals surface area contributed by atoms with Crippen LogP contribution in [0.15, 0.2) is 30.3 Å². The van der Waals surface area contributed by atoms with Crippen molar-refractivity contribution >= 4 is 17.7 Å². The summed E-state index contributed by atoms with van der Waals surface area (Å²) in [6.45, 7) is 4.17. The summed E-state index contributed by atoms with van der Waals surface area (Å²) in [6.07, 6.45) is 3.90. The number of rotatable bonds is 5. The van der Waals surface area contributed by atoms with E-state index in [2.05, 4.69) is 29.3 Å². The molecular formula is C21H30N2O2S. The highest BCUT2D eigenvalue weighted by atomic mass is 32.2. The Balaban J connectivity index is 1.53. The maximum atomic E-state index is 13.4. The van der Waals surface area contributed by atoms with E-state index in [9.17, 15) is 4.79 Å². The Morgan fingerprint density at radius 3 is 2.54 bits per heavy atom. The van der Waals surface area contributed by atoms with Crippen LogP contribution in [0, 0.1) is 11.3 Å². The molecule has 142 valence electrons. The zero-order valence-electron chi connectivity index (χ0n) is 15.8. The molecule has 1 aliphatic heterocycles. The highest BCUT2D eigenvalue weighted by Gasteiger charge is 2.63. The molecule has 1 aromatic carbocycles. The minimum Gasteiger partial charge on any atom is -0.380 e. The van der Waals surface area contributed by atoms with Crippen molar-refractivity contribution in [2.75, 3.05) is 31.7 Å². The fourth-order valence-corrected chi connectivity index (χ4v) is 6.35. The van der Waals surface area contributed by atoms with Crippen molar-refractivity contribution < 1.29 is 9.53 Å². The topological polar surface area (TPSA) is 41.6 Å². The van der Waals surface area contributed by atoms with Gasteiger partial charge in [-0.2, -0.15) is 11.8 Å². The summed E-state index contributed by atoms with van der Waals surface area (Å²) in [5.74, 6) is 2.76. The number of nitrogens with one attached hydrogen (secondary N) is 1. The lowest BCUT2D eigenvalue weighted by molar-refractivity contribution is -0.203. The van der Waals surface area contributed by atoms with Gasteiger partial charge in [-0.05, 0) is 18.4 Å². The first kappa shape index (κ1) is 18.3. The minimum absolute atomic E-state index is 0.167. The van der Waals surface area contributed by atoms with Gasteiger partial charge >= 0.3 is 0 Å². The Morgan fingerprint density at radius 2 is 1.96 bits per heavy atom. The summed E-state index contributed by atoms with van der Waals surface area (Å²) in [5, 5.41) is 3.45. The van der Waals surface area contributed by atoms with Crippen LogP contribution in [0.5, 0.6) is 0 Å². The van der Waals surface area contributed by atoms with E-state index in [0.717, 1.165) is 30.2 Å². The first-order chi connectivity index (χ1) is 12.7. The number of benzene rings is 1. The van der Waals surface area contributed by atoms with Crippen LogP contribution in [0.4, 0.5) is 0 Å². The van der Waals surface area contributed by atoms with Gasteiger partial charge in [0.15, 0.2) is 0 Å². The fraction of sp³-hybridized carbons (Fsp3) is 0.667. The molecule has 0 radical (unpaired) electrons. The Morgan fingerprint density at radius 1 is 1.27 bits per heavy atom. The molecule has 3 aliphatic rings. The predicted octanol–water partition coefficient (Wildman–Crippen LogP) is 3.10. The molecule has 1 saturated heterocycles. The predicted molar refractivity (Wildman–Crippen MR) is 106 cm³/mol. The summed E-state index contributed by atoms with van der Waals surface area (Å²) in [7, 11) is 1.82. The third-order valence-corrected chi connectivity index (χ3v) is 7.74. The maximum Gasteiger partial charge on any atom is 0.242 e. The van der Waals surface area contributed by atoms with E-state index in [0.29, 0.717) is 12.0 Å². The standard InChI is InChI=1S/C21H30N2O2S/c1-15-18(21(9-6-10-21)19(15)25-2)22-20(24)17(16-7-4-3-5-8-16)23-11-13-26-14-12-23/h3-5,7-8,15,17-19H,6,9-14H2,1-2H3,(H,22,24)/t15-,17+,18+,19-/m1/s1. The normalized spacial score (nSPS) is 31.7.